The van der Waals surface area contributed by atoms with Gasteiger partial charge in [-0.1, -0.05) is 0 Å². The molecule has 0 radical (unpaired) electrons. The number of nitrogens with zero attached hydrogens (tertiary/aromatic N) is 1. The van der Waals surface area contributed by atoms with Gasteiger partial charge in [0, 0.05) is 12.2 Å². The van der Waals surface area contributed by atoms with E-state index < -0.39 is 11.7 Å². The van der Waals surface area contributed by atoms with Crippen molar-refractivity contribution in [1.82, 2.24) is 10.3 Å². The lowest BCUT2D eigenvalue weighted by molar-refractivity contribution is 0.0934. The Morgan fingerprint density at radius 2 is 2.38 bits per heavy atom. The number of hydrogen-bond donors (Lipinski definition) is 1. The number of nitrogens with one attached hydrogen (secondary N) is 1. The van der Waals surface area contributed by atoms with Gasteiger partial charge in [-0.05, 0) is 25.3 Å². The van der Waals surface area contributed by atoms with Crippen LogP contribution in [-0.4, -0.2) is 22.3 Å². The highest BCUT2D eigenvalue weighted by Crippen LogP contribution is 2.24. The van der Waals surface area contributed by atoms with Crippen molar-refractivity contribution in [3.05, 3.63) is 29.8 Å². The van der Waals surface area contributed by atoms with E-state index in [2.05, 4.69) is 10.3 Å². The lowest BCUT2D eigenvalue weighted by atomic mass is 10.2. The zero-order chi connectivity index (χ0) is 11.5. The molecular weight excluding hydrogens is 231 g/mol. The average molecular weight is 243 g/mol. The Bertz CT molecular complexity index is 399. The number of pyridine rings is 1. The normalized spacial score (nSPS) is 24.4. The molecule has 1 aromatic rings. The standard InChI is InChI=1S/C11H12ClFN2O/c12-8-2-1-3-10(8)15-11(16)7-4-5-14-6-9(7)13/h4-6,8,10H,1-3H2,(H,15,16). The maximum Gasteiger partial charge on any atom is 0.254 e. The minimum Gasteiger partial charge on any atom is -0.348 e. The van der Waals surface area contributed by atoms with Gasteiger partial charge >= 0.3 is 0 Å². The van der Waals surface area contributed by atoms with Crippen LogP contribution in [0.5, 0.6) is 0 Å². The molecule has 1 fully saturated rings. The average Bonchev–Trinajstić information content (AvgIpc) is 2.65. The lowest BCUT2D eigenvalue weighted by Gasteiger charge is -2.15. The number of carbonyl (C=O) groups is 1. The first-order valence-electron chi connectivity index (χ1n) is 5.23. The summed E-state index contributed by atoms with van der Waals surface area (Å²) in [5.74, 6) is -1.03. The highest BCUT2D eigenvalue weighted by molar-refractivity contribution is 6.21. The first-order valence-corrected chi connectivity index (χ1v) is 5.66. The topological polar surface area (TPSA) is 42.0 Å². The molecule has 1 aromatic heterocycles. The molecule has 1 aliphatic rings. The maximum atomic E-state index is 13.3. The van der Waals surface area contributed by atoms with Crippen molar-refractivity contribution in [3.63, 3.8) is 0 Å². The fourth-order valence-corrected chi connectivity index (χ4v) is 2.23. The van der Waals surface area contributed by atoms with Gasteiger partial charge in [0.1, 0.15) is 0 Å². The summed E-state index contributed by atoms with van der Waals surface area (Å²) in [6.07, 6.45) is 5.17. The van der Waals surface area contributed by atoms with E-state index in [0.29, 0.717) is 0 Å². The van der Waals surface area contributed by atoms with Crippen LogP contribution in [0.3, 0.4) is 0 Å². The molecule has 0 aromatic carbocycles. The summed E-state index contributed by atoms with van der Waals surface area (Å²) >= 11 is 6.03. The van der Waals surface area contributed by atoms with E-state index >= 15 is 0 Å². The largest absolute Gasteiger partial charge is 0.348 e. The van der Waals surface area contributed by atoms with Crippen molar-refractivity contribution in [1.29, 1.82) is 0 Å². The van der Waals surface area contributed by atoms with E-state index in [4.69, 9.17) is 11.6 Å². The third kappa shape index (κ3) is 2.32. The zero-order valence-electron chi connectivity index (χ0n) is 8.62. The predicted molar refractivity (Wildman–Crippen MR) is 58.9 cm³/mol. The van der Waals surface area contributed by atoms with Crippen LogP contribution < -0.4 is 5.32 Å². The molecule has 3 nitrogen and oxygen atoms in total. The second-order valence-electron chi connectivity index (χ2n) is 3.88. The SMILES string of the molecule is O=C(NC1CCCC1Cl)c1ccncc1F. The molecule has 2 rings (SSSR count). The molecule has 0 spiro atoms. The Morgan fingerprint density at radius 3 is 3.00 bits per heavy atom. The molecule has 1 aliphatic carbocycles. The minimum absolute atomic E-state index is 0.0192. The number of amides is 1. The van der Waals surface area contributed by atoms with E-state index in [1.54, 1.807) is 0 Å². The summed E-state index contributed by atoms with van der Waals surface area (Å²) in [5, 5.41) is 2.70. The molecule has 1 heterocycles. The smallest absolute Gasteiger partial charge is 0.254 e. The molecular formula is C11H12ClFN2O. The number of hydrogen-bond acceptors (Lipinski definition) is 2. The Hall–Kier alpha value is -1.16. The summed E-state index contributed by atoms with van der Waals surface area (Å²) in [4.78, 5) is 15.3. The Kier molecular flexibility index (Phi) is 3.39. The van der Waals surface area contributed by atoms with Crippen molar-refractivity contribution >= 4 is 17.5 Å². The van der Waals surface area contributed by atoms with Crippen LogP contribution in [0.1, 0.15) is 29.6 Å². The van der Waals surface area contributed by atoms with Gasteiger partial charge in [-0.15, -0.1) is 11.6 Å². The van der Waals surface area contributed by atoms with E-state index in [-0.39, 0.29) is 17.0 Å². The number of rotatable bonds is 2. The summed E-state index contributed by atoms with van der Waals surface area (Å²) in [6, 6.07) is 1.31. The van der Waals surface area contributed by atoms with Gasteiger partial charge in [0.25, 0.3) is 5.91 Å². The van der Waals surface area contributed by atoms with Crippen LogP contribution in [0, 0.1) is 5.82 Å². The van der Waals surface area contributed by atoms with Crippen LogP contribution >= 0.6 is 11.6 Å². The molecule has 0 bridgehead atoms. The van der Waals surface area contributed by atoms with Gasteiger partial charge in [0.2, 0.25) is 0 Å². The van der Waals surface area contributed by atoms with Gasteiger partial charge in [-0.25, -0.2) is 4.39 Å². The molecule has 1 amide bonds. The molecule has 2 unspecified atom stereocenters. The van der Waals surface area contributed by atoms with Crippen LogP contribution in [0.15, 0.2) is 18.5 Å². The van der Waals surface area contributed by atoms with Crippen LogP contribution in [0.4, 0.5) is 4.39 Å². The molecule has 1 saturated carbocycles. The second kappa shape index (κ2) is 4.78. The fraction of sp³-hybridized carbons (Fsp3) is 0.455. The van der Waals surface area contributed by atoms with Crippen LogP contribution in [0.25, 0.3) is 0 Å². The summed E-state index contributed by atoms with van der Waals surface area (Å²) in [7, 11) is 0. The quantitative estimate of drug-likeness (QED) is 0.807. The predicted octanol–water partition coefficient (Wildman–Crippen LogP) is 2.11. The molecule has 0 saturated heterocycles. The first-order chi connectivity index (χ1) is 7.68. The Balaban J connectivity index is 2.06. The number of carbonyl (C=O) groups excluding carboxylic acids is 1. The number of halogens is 2. The molecule has 5 heteroatoms. The molecule has 0 aliphatic heterocycles. The van der Waals surface area contributed by atoms with Crippen molar-refractivity contribution in [2.75, 3.05) is 0 Å². The van der Waals surface area contributed by atoms with Gasteiger partial charge in [-0.2, -0.15) is 0 Å². The van der Waals surface area contributed by atoms with Crippen LogP contribution in [-0.2, 0) is 0 Å². The molecule has 86 valence electrons. The number of alkyl halides is 1. The van der Waals surface area contributed by atoms with Gasteiger partial charge in [0.05, 0.1) is 17.1 Å². The lowest BCUT2D eigenvalue weighted by Crippen LogP contribution is -2.38. The van der Waals surface area contributed by atoms with Crippen molar-refractivity contribution in [3.8, 4) is 0 Å². The molecule has 1 N–H and O–H groups in total. The van der Waals surface area contributed by atoms with E-state index in [1.165, 1.54) is 12.3 Å². The van der Waals surface area contributed by atoms with E-state index in [1.807, 2.05) is 0 Å². The Morgan fingerprint density at radius 1 is 1.56 bits per heavy atom. The van der Waals surface area contributed by atoms with Crippen molar-refractivity contribution in [2.45, 2.75) is 30.7 Å². The monoisotopic (exact) mass is 242 g/mol. The van der Waals surface area contributed by atoms with E-state index in [9.17, 15) is 9.18 Å². The minimum atomic E-state index is -0.607. The highest BCUT2D eigenvalue weighted by Gasteiger charge is 2.27. The van der Waals surface area contributed by atoms with E-state index in [0.717, 1.165) is 25.5 Å². The number of aromatic nitrogens is 1. The van der Waals surface area contributed by atoms with Gasteiger partial charge < -0.3 is 5.32 Å². The summed E-state index contributed by atoms with van der Waals surface area (Å²) in [6.45, 7) is 0. The maximum absolute atomic E-state index is 13.3. The second-order valence-corrected chi connectivity index (χ2v) is 4.44. The fourth-order valence-electron chi connectivity index (χ4n) is 1.88. The highest BCUT2D eigenvalue weighted by atomic mass is 35.5. The molecule has 16 heavy (non-hydrogen) atoms. The summed E-state index contributed by atoms with van der Waals surface area (Å²) < 4.78 is 13.3. The van der Waals surface area contributed by atoms with Crippen molar-refractivity contribution < 1.29 is 9.18 Å². The van der Waals surface area contributed by atoms with Crippen LogP contribution in [0.2, 0.25) is 0 Å². The van der Waals surface area contributed by atoms with Gasteiger partial charge in [-0.3, -0.25) is 9.78 Å². The third-order valence-electron chi connectivity index (χ3n) is 2.77. The summed E-state index contributed by atoms with van der Waals surface area (Å²) in [5.41, 5.74) is 0.0192. The zero-order valence-corrected chi connectivity index (χ0v) is 9.38. The molecule has 2 atom stereocenters. The van der Waals surface area contributed by atoms with Gasteiger partial charge in [0.15, 0.2) is 5.82 Å². The Labute approximate surface area is 98.0 Å². The first kappa shape index (κ1) is 11.3. The van der Waals surface area contributed by atoms with Crippen molar-refractivity contribution in [2.24, 2.45) is 0 Å². The third-order valence-corrected chi connectivity index (χ3v) is 3.29.